The molecule has 0 unspecified atom stereocenters. The van der Waals surface area contributed by atoms with E-state index in [2.05, 4.69) is 9.47 Å². The van der Waals surface area contributed by atoms with Gasteiger partial charge in [0.25, 0.3) is 0 Å². The maximum Gasteiger partial charge on any atom is 0.333 e. The van der Waals surface area contributed by atoms with E-state index < -0.39 is 56.0 Å². The molecule has 1 aliphatic rings. The van der Waals surface area contributed by atoms with Crippen molar-refractivity contribution in [3.05, 3.63) is 40.3 Å². The Morgan fingerprint density at radius 1 is 1.06 bits per heavy atom. The smallest absolute Gasteiger partial charge is 0.333 e. The summed E-state index contributed by atoms with van der Waals surface area (Å²) >= 11 is 0. The number of aryl methyl sites for hydroxylation is 1. The van der Waals surface area contributed by atoms with E-state index in [-0.39, 0.29) is 77.9 Å². The van der Waals surface area contributed by atoms with Crippen LogP contribution in [0.2, 0.25) is 0 Å². The minimum atomic E-state index is -1.60. The standard InChI is InChI=1S/C17H22N2O10.2Cd/c1-7-2-8(5-26-16(18)24)13(9(3-7)6-27-17(19)25)29-15-12(21)10(20)4-11(28-15)14(22)23;;/h2-3,10-12,15,20-21H,4-6H2,1H3,(H5,18,19,22,23,24,25);;/p-2/t10-,11-,12+,15-;;/m0../s1. The molecule has 1 aromatic rings. The first kappa shape index (κ1) is 29.8. The molecule has 5 N–H and O–H groups in total. The summed E-state index contributed by atoms with van der Waals surface area (Å²) in [6, 6.07) is 3.06. The van der Waals surface area contributed by atoms with Gasteiger partial charge in [0.1, 0.15) is 25.1 Å². The Morgan fingerprint density at radius 2 is 1.55 bits per heavy atom. The van der Waals surface area contributed by atoms with E-state index in [1.54, 1.807) is 6.92 Å². The summed E-state index contributed by atoms with van der Waals surface area (Å²) in [7, 11) is 0. The average Bonchev–Trinajstić information content (AvgIpc) is 2.63. The van der Waals surface area contributed by atoms with E-state index in [0.29, 0.717) is 5.56 Å². The van der Waals surface area contributed by atoms with Crippen molar-refractivity contribution in [3.8, 4) is 5.75 Å². The number of hydrogen-bond acceptors (Lipinski definition) is 9. The van der Waals surface area contributed by atoms with Gasteiger partial charge in [-0.2, -0.15) is 0 Å². The first-order valence-electron chi connectivity index (χ1n) is 8.38. The molecule has 1 saturated heterocycles. The Hall–Kier alpha value is -1.25. The van der Waals surface area contributed by atoms with Gasteiger partial charge in [0.15, 0.2) is 6.10 Å². The van der Waals surface area contributed by atoms with Gasteiger partial charge in [-0.25, -0.2) is 4.79 Å². The van der Waals surface area contributed by atoms with Gasteiger partial charge in [-0.05, 0) is 19.1 Å². The maximum absolute atomic E-state index is 11.2. The molecule has 1 aliphatic heterocycles. The number of carboxylic acids is 1. The molecule has 0 spiro atoms. The molecule has 1 fully saturated rings. The first-order valence-corrected chi connectivity index (χ1v) is 8.38. The molecule has 31 heavy (non-hydrogen) atoms. The minimum absolute atomic E-state index is 0. The van der Waals surface area contributed by atoms with Crippen LogP contribution in [0.5, 0.6) is 5.75 Å². The third kappa shape index (κ3) is 8.66. The topological polar surface area (TPSA) is 196 Å². The first-order chi connectivity index (χ1) is 13.6. The number of hydrogen-bond donors (Lipinski definition) is 3. The Labute approximate surface area is 217 Å². The van der Waals surface area contributed by atoms with E-state index in [9.17, 15) is 24.6 Å². The number of ether oxygens (including phenoxy) is 4. The summed E-state index contributed by atoms with van der Waals surface area (Å²) in [6.07, 6.45) is -9.05. The van der Waals surface area contributed by atoms with E-state index in [1.807, 2.05) is 0 Å². The normalized spacial score (nSPS) is 22.3. The van der Waals surface area contributed by atoms with Gasteiger partial charge in [-0.1, -0.05) is 5.56 Å². The average molecular weight is 637 g/mol. The van der Waals surface area contributed by atoms with Gasteiger partial charge in [-0.3, -0.25) is 9.59 Å². The predicted molar refractivity (Wildman–Crippen MR) is 93.7 cm³/mol. The van der Waals surface area contributed by atoms with Crippen LogP contribution in [0.25, 0.3) is 11.5 Å². The number of aliphatic hydroxyl groups is 2. The van der Waals surface area contributed by atoms with Crippen molar-refractivity contribution in [2.45, 2.75) is 51.2 Å². The quantitative estimate of drug-likeness (QED) is 0.370. The molecule has 4 atom stereocenters. The van der Waals surface area contributed by atoms with Crippen LogP contribution in [0.3, 0.4) is 0 Å². The number of carbonyl (C=O) groups is 3. The SMILES string of the molecule is Cc1cc(COC([NH-])=O)c(O[C@@H]2O[C@H](C(=O)O)C[C@H](O)[C@H]2O)c(COC([NH-])=O)c1.[Cd].[Cd]. The van der Waals surface area contributed by atoms with Crippen molar-refractivity contribution in [3.63, 3.8) is 0 Å². The molecule has 0 aliphatic carbocycles. The molecular formula is C17H20Cd2N2O10-2. The Morgan fingerprint density at radius 3 is 1.97 bits per heavy atom. The predicted octanol–water partition coefficient (Wildman–Crippen LogP) is 1.67. The Kier molecular flexibility index (Phi) is 12.8. The summed E-state index contributed by atoms with van der Waals surface area (Å²) in [6.45, 7) is 0.863. The zero-order chi connectivity index (χ0) is 21.7. The van der Waals surface area contributed by atoms with E-state index >= 15 is 0 Å². The molecule has 0 radical (unpaired) electrons. The van der Waals surface area contributed by atoms with Crippen LogP contribution in [0.1, 0.15) is 23.1 Å². The van der Waals surface area contributed by atoms with E-state index in [1.165, 1.54) is 12.1 Å². The zero-order valence-electron chi connectivity index (χ0n) is 16.7. The molecular weight excluding hydrogens is 617 g/mol. The second-order valence-corrected chi connectivity index (χ2v) is 6.31. The molecule has 0 bridgehead atoms. The molecule has 2 rings (SSSR count). The minimum Gasteiger partial charge on any atom is -0.632 e. The van der Waals surface area contributed by atoms with Crippen LogP contribution in [0.4, 0.5) is 9.59 Å². The van der Waals surface area contributed by atoms with E-state index in [4.69, 9.17) is 26.0 Å². The second kappa shape index (κ2) is 13.3. The molecule has 12 nitrogen and oxygen atoms in total. The van der Waals surface area contributed by atoms with Crippen LogP contribution in [-0.2, 0) is 86.8 Å². The summed E-state index contributed by atoms with van der Waals surface area (Å²) in [5.74, 6) is -1.43. The van der Waals surface area contributed by atoms with Crippen molar-refractivity contribution in [2.75, 3.05) is 0 Å². The fraction of sp³-hybridized carbons (Fsp3) is 0.471. The largest absolute Gasteiger partial charge is 0.632 e. The van der Waals surface area contributed by atoms with Crippen molar-refractivity contribution in [2.24, 2.45) is 0 Å². The van der Waals surface area contributed by atoms with Crippen molar-refractivity contribution >= 4 is 18.2 Å². The zero-order valence-corrected chi connectivity index (χ0v) is 24.8. The summed E-state index contributed by atoms with van der Waals surface area (Å²) in [5, 5.41) is 29.2. The number of carboxylic acid groups (broad SMARTS) is 1. The Balaban J connectivity index is 0.00000450. The molecule has 1 aromatic carbocycles. The van der Waals surface area contributed by atoms with Crippen LogP contribution >= 0.6 is 0 Å². The third-order valence-corrected chi connectivity index (χ3v) is 4.04. The number of aliphatic carboxylic acids is 1. The van der Waals surface area contributed by atoms with Gasteiger partial charge in [-0.15, -0.1) is 0 Å². The number of carbonyl (C=O) groups excluding carboxylic acids is 2. The maximum atomic E-state index is 11.2. The van der Waals surface area contributed by atoms with Gasteiger partial charge in [0.05, 0.1) is 6.10 Å². The monoisotopic (exact) mass is 640 g/mol. The Bertz CT molecular complexity index is 755. The van der Waals surface area contributed by atoms with Crippen molar-refractivity contribution in [1.29, 1.82) is 0 Å². The van der Waals surface area contributed by atoms with Gasteiger partial charge >= 0.3 is 5.97 Å². The van der Waals surface area contributed by atoms with Crippen LogP contribution < -0.4 is 4.74 Å². The summed E-state index contributed by atoms with van der Waals surface area (Å²) in [4.78, 5) is 32.9. The summed E-state index contributed by atoms with van der Waals surface area (Å²) < 4.78 is 20.1. The number of rotatable bonds is 7. The number of benzene rings is 1. The molecule has 0 aromatic heterocycles. The molecule has 14 heteroatoms. The molecule has 0 saturated carbocycles. The van der Waals surface area contributed by atoms with Crippen molar-refractivity contribution in [1.82, 2.24) is 0 Å². The molecule has 1 heterocycles. The van der Waals surface area contributed by atoms with Gasteiger partial charge in [0.2, 0.25) is 18.5 Å². The second-order valence-electron chi connectivity index (χ2n) is 6.31. The fourth-order valence-corrected chi connectivity index (χ4v) is 2.79. The number of nitrogens with one attached hydrogen (secondary N) is 2. The third-order valence-electron chi connectivity index (χ3n) is 4.04. The van der Waals surface area contributed by atoms with Gasteiger partial charge in [0, 0.05) is 72.1 Å². The number of aliphatic hydroxyl groups excluding tert-OH is 2. The van der Waals surface area contributed by atoms with Crippen LogP contribution in [0, 0.1) is 6.92 Å². The fourth-order valence-electron chi connectivity index (χ4n) is 2.79. The summed E-state index contributed by atoms with van der Waals surface area (Å²) in [5.41, 5.74) is 14.8. The van der Waals surface area contributed by atoms with Crippen LogP contribution in [-0.4, -0.2) is 58.1 Å². The van der Waals surface area contributed by atoms with Gasteiger partial charge < -0.3 is 45.7 Å². The molecule has 164 valence electrons. The molecule has 2 amide bonds. The van der Waals surface area contributed by atoms with Crippen LogP contribution in [0.15, 0.2) is 12.1 Å². The number of amides is 2. The van der Waals surface area contributed by atoms with Crippen molar-refractivity contribution < 1.29 is 103 Å². The van der Waals surface area contributed by atoms with E-state index in [0.717, 1.165) is 0 Å².